The van der Waals surface area contributed by atoms with Gasteiger partial charge in [-0.1, -0.05) is 35.9 Å². The molecule has 1 atom stereocenters. The number of carbonyl (C=O) groups is 1. The number of benzene rings is 2. The zero-order valence-corrected chi connectivity index (χ0v) is 16.4. The fourth-order valence-corrected chi connectivity index (χ4v) is 3.09. The SMILES string of the molecule is COc1ccc(CNC(=O)C(Cc2ccco2)c2ccc(C)cc2)cc1OC. The van der Waals surface area contributed by atoms with Gasteiger partial charge in [0, 0.05) is 13.0 Å². The molecule has 0 spiro atoms. The highest BCUT2D eigenvalue weighted by Gasteiger charge is 2.22. The highest BCUT2D eigenvalue weighted by atomic mass is 16.5. The van der Waals surface area contributed by atoms with Gasteiger partial charge in [-0.15, -0.1) is 0 Å². The fourth-order valence-electron chi connectivity index (χ4n) is 3.09. The van der Waals surface area contributed by atoms with Gasteiger partial charge in [0.05, 0.1) is 26.4 Å². The second kappa shape index (κ2) is 9.13. The maximum absolute atomic E-state index is 13.0. The van der Waals surface area contributed by atoms with Crippen LogP contribution in [-0.2, 0) is 17.8 Å². The molecule has 5 heteroatoms. The van der Waals surface area contributed by atoms with Crippen molar-refractivity contribution >= 4 is 5.91 Å². The molecule has 5 nitrogen and oxygen atoms in total. The normalized spacial score (nSPS) is 11.7. The van der Waals surface area contributed by atoms with Crippen molar-refractivity contribution in [3.05, 3.63) is 83.3 Å². The van der Waals surface area contributed by atoms with Gasteiger partial charge in [0.2, 0.25) is 5.91 Å². The number of amides is 1. The minimum atomic E-state index is -0.327. The van der Waals surface area contributed by atoms with Crippen LogP contribution in [0.1, 0.15) is 28.4 Å². The Morgan fingerprint density at radius 1 is 1.04 bits per heavy atom. The summed E-state index contributed by atoms with van der Waals surface area (Å²) >= 11 is 0. The van der Waals surface area contributed by atoms with Crippen LogP contribution in [0.4, 0.5) is 0 Å². The maximum atomic E-state index is 13.0. The van der Waals surface area contributed by atoms with E-state index in [1.165, 1.54) is 0 Å². The highest BCUT2D eigenvalue weighted by molar-refractivity contribution is 5.84. The Morgan fingerprint density at radius 2 is 1.79 bits per heavy atom. The van der Waals surface area contributed by atoms with Crippen LogP contribution in [0, 0.1) is 6.92 Å². The van der Waals surface area contributed by atoms with E-state index in [0.717, 1.165) is 22.5 Å². The summed E-state index contributed by atoms with van der Waals surface area (Å²) in [5.41, 5.74) is 3.06. The van der Waals surface area contributed by atoms with E-state index in [1.54, 1.807) is 20.5 Å². The average molecular weight is 379 g/mol. The topological polar surface area (TPSA) is 60.7 Å². The average Bonchev–Trinajstić information content (AvgIpc) is 3.24. The first-order chi connectivity index (χ1) is 13.6. The van der Waals surface area contributed by atoms with Crippen LogP contribution in [0.15, 0.2) is 65.3 Å². The Morgan fingerprint density at radius 3 is 2.43 bits per heavy atom. The van der Waals surface area contributed by atoms with E-state index < -0.39 is 0 Å². The van der Waals surface area contributed by atoms with Crippen molar-refractivity contribution < 1.29 is 18.7 Å². The molecule has 0 aliphatic heterocycles. The van der Waals surface area contributed by atoms with E-state index in [1.807, 2.05) is 61.5 Å². The van der Waals surface area contributed by atoms with Crippen LogP contribution >= 0.6 is 0 Å². The number of nitrogens with one attached hydrogen (secondary N) is 1. The van der Waals surface area contributed by atoms with E-state index >= 15 is 0 Å². The molecule has 0 saturated heterocycles. The van der Waals surface area contributed by atoms with Gasteiger partial charge < -0.3 is 19.2 Å². The summed E-state index contributed by atoms with van der Waals surface area (Å²) in [4.78, 5) is 13.0. The molecule has 0 saturated carbocycles. The Labute approximate surface area is 165 Å². The molecule has 0 radical (unpaired) electrons. The van der Waals surface area contributed by atoms with Gasteiger partial charge in [-0.05, 0) is 42.3 Å². The molecule has 28 heavy (non-hydrogen) atoms. The second-order valence-electron chi connectivity index (χ2n) is 6.65. The van der Waals surface area contributed by atoms with Crippen molar-refractivity contribution in [3.8, 4) is 11.5 Å². The van der Waals surface area contributed by atoms with Crippen molar-refractivity contribution in [1.82, 2.24) is 5.32 Å². The van der Waals surface area contributed by atoms with E-state index in [4.69, 9.17) is 13.9 Å². The molecule has 1 heterocycles. The van der Waals surface area contributed by atoms with E-state index in [-0.39, 0.29) is 11.8 Å². The summed E-state index contributed by atoms with van der Waals surface area (Å²) in [6.07, 6.45) is 2.14. The number of methoxy groups -OCH3 is 2. The zero-order chi connectivity index (χ0) is 19.9. The van der Waals surface area contributed by atoms with Crippen LogP contribution in [0.5, 0.6) is 11.5 Å². The number of carbonyl (C=O) groups excluding carboxylic acids is 1. The summed E-state index contributed by atoms with van der Waals surface area (Å²) in [6, 6.07) is 17.4. The summed E-state index contributed by atoms with van der Waals surface area (Å²) < 4.78 is 16.1. The molecule has 1 amide bonds. The first-order valence-electron chi connectivity index (χ1n) is 9.18. The Hall–Kier alpha value is -3.21. The summed E-state index contributed by atoms with van der Waals surface area (Å²) in [5, 5.41) is 3.04. The molecule has 3 aromatic rings. The molecule has 1 aromatic heterocycles. The third-order valence-corrected chi connectivity index (χ3v) is 4.70. The van der Waals surface area contributed by atoms with Crippen LogP contribution in [-0.4, -0.2) is 20.1 Å². The van der Waals surface area contributed by atoms with Crippen molar-refractivity contribution in [2.24, 2.45) is 0 Å². The van der Waals surface area contributed by atoms with Crippen molar-refractivity contribution in [3.63, 3.8) is 0 Å². The molecule has 146 valence electrons. The molecule has 3 rings (SSSR count). The third kappa shape index (κ3) is 4.74. The quantitative estimate of drug-likeness (QED) is 0.636. The molecule has 0 fully saturated rings. The van der Waals surface area contributed by atoms with E-state index in [0.29, 0.717) is 24.5 Å². The minimum Gasteiger partial charge on any atom is -0.493 e. The van der Waals surface area contributed by atoms with E-state index in [9.17, 15) is 4.79 Å². The predicted octanol–water partition coefficient (Wildman–Crippen LogP) is 4.25. The molecule has 1 unspecified atom stereocenters. The van der Waals surface area contributed by atoms with Gasteiger partial charge in [-0.2, -0.15) is 0 Å². The third-order valence-electron chi connectivity index (χ3n) is 4.70. The van der Waals surface area contributed by atoms with Crippen LogP contribution in [0.25, 0.3) is 0 Å². The molecule has 0 bridgehead atoms. The summed E-state index contributed by atoms with van der Waals surface area (Å²) in [7, 11) is 3.19. The molecule has 0 aliphatic carbocycles. The molecule has 1 N–H and O–H groups in total. The van der Waals surface area contributed by atoms with Gasteiger partial charge in [-0.3, -0.25) is 4.79 Å². The predicted molar refractivity (Wildman–Crippen MR) is 108 cm³/mol. The minimum absolute atomic E-state index is 0.0463. The monoisotopic (exact) mass is 379 g/mol. The zero-order valence-electron chi connectivity index (χ0n) is 16.4. The maximum Gasteiger partial charge on any atom is 0.228 e. The second-order valence-corrected chi connectivity index (χ2v) is 6.65. The van der Waals surface area contributed by atoms with Crippen LogP contribution in [0.3, 0.4) is 0 Å². The molecular weight excluding hydrogens is 354 g/mol. The van der Waals surface area contributed by atoms with Gasteiger partial charge in [-0.25, -0.2) is 0 Å². The number of hydrogen-bond donors (Lipinski definition) is 1. The standard InChI is InChI=1S/C23H25NO4/c1-16-6-9-18(10-7-16)20(14-19-5-4-12-28-19)23(25)24-15-17-8-11-21(26-2)22(13-17)27-3/h4-13,20H,14-15H2,1-3H3,(H,24,25). The lowest BCUT2D eigenvalue weighted by Crippen LogP contribution is -2.30. The number of furan rings is 1. The summed E-state index contributed by atoms with van der Waals surface area (Å²) in [6.45, 7) is 2.43. The lowest BCUT2D eigenvalue weighted by Gasteiger charge is -2.17. The Bertz CT molecular complexity index is 901. The van der Waals surface area contributed by atoms with Crippen LogP contribution in [0.2, 0.25) is 0 Å². The van der Waals surface area contributed by atoms with Crippen LogP contribution < -0.4 is 14.8 Å². The van der Waals surface area contributed by atoms with Crippen molar-refractivity contribution in [1.29, 1.82) is 0 Å². The lowest BCUT2D eigenvalue weighted by atomic mass is 9.93. The first-order valence-corrected chi connectivity index (χ1v) is 9.18. The number of rotatable bonds is 8. The summed E-state index contributed by atoms with van der Waals surface area (Å²) in [5.74, 6) is 1.71. The van der Waals surface area contributed by atoms with Gasteiger partial charge >= 0.3 is 0 Å². The van der Waals surface area contributed by atoms with Gasteiger partial charge in [0.25, 0.3) is 0 Å². The fraction of sp³-hybridized carbons (Fsp3) is 0.261. The highest BCUT2D eigenvalue weighted by Crippen LogP contribution is 2.28. The molecular formula is C23H25NO4. The van der Waals surface area contributed by atoms with Crippen molar-refractivity contribution in [2.45, 2.75) is 25.8 Å². The van der Waals surface area contributed by atoms with Gasteiger partial charge in [0.15, 0.2) is 11.5 Å². The lowest BCUT2D eigenvalue weighted by molar-refractivity contribution is -0.122. The van der Waals surface area contributed by atoms with E-state index in [2.05, 4.69) is 5.32 Å². The smallest absolute Gasteiger partial charge is 0.228 e. The largest absolute Gasteiger partial charge is 0.493 e. The Kier molecular flexibility index (Phi) is 6.37. The van der Waals surface area contributed by atoms with Crippen molar-refractivity contribution in [2.75, 3.05) is 14.2 Å². The number of hydrogen-bond acceptors (Lipinski definition) is 4. The first kappa shape index (κ1) is 19.5. The Balaban J connectivity index is 1.74. The molecule has 2 aromatic carbocycles. The molecule has 0 aliphatic rings. The van der Waals surface area contributed by atoms with Gasteiger partial charge in [0.1, 0.15) is 5.76 Å². The number of aryl methyl sites for hydroxylation is 1. The number of ether oxygens (including phenoxy) is 2.